The van der Waals surface area contributed by atoms with Crippen molar-refractivity contribution >= 4 is 17.9 Å². The van der Waals surface area contributed by atoms with Crippen LogP contribution >= 0.6 is 0 Å². The van der Waals surface area contributed by atoms with Gasteiger partial charge in [0.05, 0.1) is 11.6 Å². The number of nitrogens with zero attached hydrogens (tertiary/aromatic N) is 3. The van der Waals surface area contributed by atoms with E-state index in [4.69, 9.17) is 10.4 Å². The molecule has 0 saturated carbocycles. The maximum atomic E-state index is 13.1. The minimum Gasteiger partial charge on any atom is -0.480 e. The molecule has 7 nitrogen and oxygen atoms in total. The van der Waals surface area contributed by atoms with E-state index in [1.165, 1.54) is 4.90 Å². The summed E-state index contributed by atoms with van der Waals surface area (Å²) in [5, 5.41) is 18.1. The van der Waals surface area contributed by atoms with E-state index in [9.17, 15) is 14.4 Å². The molecule has 0 bridgehead atoms. The number of hydrogen-bond acceptors (Lipinski definition) is 4. The Labute approximate surface area is 156 Å². The van der Waals surface area contributed by atoms with Crippen LogP contribution in [0.25, 0.3) is 0 Å². The number of urea groups is 1. The largest absolute Gasteiger partial charge is 0.480 e. The van der Waals surface area contributed by atoms with Crippen LogP contribution in [-0.4, -0.2) is 39.4 Å². The standard InChI is InChI=1S/C20H17N3O4/c1-20(16-9-7-14(11-21)8-10-16)18(26)22(13-17(24)25)19(27)23(20)12-15-5-3-2-4-6-15/h2-10H,12-13H2,1H3,(H,24,25)/t20-/m1/s1. The molecule has 7 heteroatoms. The number of imide groups is 1. The van der Waals surface area contributed by atoms with Crippen molar-refractivity contribution in [3.63, 3.8) is 0 Å². The lowest BCUT2D eigenvalue weighted by Crippen LogP contribution is -2.44. The first kappa shape index (κ1) is 18.1. The molecule has 2 aromatic carbocycles. The number of rotatable bonds is 5. The van der Waals surface area contributed by atoms with E-state index in [1.807, 2.05) is 36.4 Å². The highest BCUT2D eigenvalue weighted by Crippen LogP contribution is 2.38. The average molecular weight is 363 g/mol. The van der Waals surface area contributed by atoms with E-state index in [0.717, 1.165) is 10.5 Å². The topological polar surface area (TPSA) is 102 Å². The fourth-order valence-electron chi connectivity index (χ4n) is 3.22. The first-order chi connectivity index (χ1) is 12.9. The van der Waals surface area contributed by atoms with Crippen LogP contribution in [0.15, 0.2) is 54.6 Å². The Bertz CT molecular complexity index is 934. The fraction of sp³-hybridized carbons (Fsp3) is 0.200. The molecule has 136 valence electrons. The fourth-order valence-corrected chi connectivity index (χ4v) is 3.22. The molecule has 0 unspecified atom stereocenters. The molecule has 3 rings (SSSR count). The van der Waals surface area contributed by atoms with Gasteiger partial charge in [-0.1, -0.05) is 42.5 Å². The van der Waals surface area contributed by atoms with Crippen molar-refractivity contribution in [1.29, 1.82) is 5.26 Å². The highest BCUT2D eigenvalue weighted by atomic mass is 16.4. The minimum atomic E-state index is -1.36. The van der Waals surface area contributed by atoms with Gasteiger partial charge < -0.3 is 10.0 Å². The number of nitriles is 1. The SMILES string of the molecule is C[C@@]1(c2ccc(C#N)cc2)C(=O)N(CC(=O)O)C(=O)N1Cc1ccccc1. The summed E-state index contributed by atoms with van der Waals surface area (Å²) in [5.41, 5.74) is 0.395. The van der Waals surface area contributed by atoms with Crippen LogP contribution < -0.4 is 0 Å². The molecule has 27 heavy (non-hydrogen) atoms. The Kier molecular flexibility index (Phi) is 4.65. The van der Waals surface area contributed by atoms with Gasteiger partial charge in [-0.2, -0.15) is 5.26 Å². The van der Waals surface area contributed by atoms with Gasteiger partial charge in [0.25, 0.3) is 5.91 Å². The number of carbonyl (C=O) groups excluding carboxylic acids is 2. The molecule has 1 aliphatic rings. The van der Waals surface area contributed by atoms with E-state index < -0.39 is 30.0 Å². The third-order valence-electron chi connectivity index (χ3n) is 4.72. The summed E-state index contributed by atoms with van der Waals surface area (Å²) >= 11 is 0. The van der Waals surface area contributed by atoms with E-state index in [1.54, 1.807) is 31.2 Å². The van der Waals surface area contributed by atoms with Gasteiger partial charge in [-0.05, 0) is 30.2 Å². The Morgan fingerprint density at radius 2 is 1.74 bits per heavy atom. The number of carboxylic acid groups (broad SMARTS) is 1. The predicted molar refractivity (Wildman–Crippen MR) is 95.2 cm³/mol. The van der Waals surface area contributed by atoms with Crippen molar-refractivity contribution in [2.24, 2.45) is 0 Å². The third-order valence-corrected chi connectivity index (χ3v) is 4.72. The molecule has 1 heterocycles. The predicted octanol–water partition coefficient (Wildman–Crippen LogP) is 2.32. The number of carboxylic acids is 1. The molecule has 1 atom stereocenters. The average Bonchev–Trinajstić information content (AvgIpc) is 2.85. The van der Waals surface area contributed by atoms with E-state index in [0.29, 0.717) is 11.1 Å². The molecule has 0 aromatic heterocycles. The zero-order chi connectivity index (χ0) is 19.6. The number of carbonyl (C=O) groups is 3. The number of hydrogen-bond donors (Lipinski definition) is 1. The summed E-state index contributed by atoms with van der Waals surface area (Å²) in [4.78, 5) is 39.2. The van der Waals surface area contributed by atoms with Crippen LogP contribution in [0.4, 0.5) is 4.79 Å². The van der Waals surface area contributed by atoms with Gasteiger partial charge in [0.1, 0.15) is 12.1 Å². The van der Waals surface area contributed by atoms with Crippen molar-refractivity contribution in [3.8, 4) is 6.07 Å². The zero-order valence-electron chi connectivity index (χ0n) is 14.6. The summed E-state index contributed by atoms with van der Waals surface area (Å²) in [6.45, 7) is 1.05. The van der Waals surface area contributed by atoms with Gasteiger partial charge >= 0.3 is 12.0 Å². The second-order valence-electron chi connectivity index (χ2n) is 6.40. The van der Waals surface area contributed by atoms with Crippen molar-refractivity contribution in [2.75, 3.05) is 6.54 Å². The Morgan fingerprint density at radius 3 is 2.30 bits per heavy atom. The zero-order valence-corrected chi connectivity index (χ0v) is 14.6. The third kappa shape index (κ3) is 3.13. The summed E-state index contributed by atoms with van der Waals surface area (Å²) in [6.07, 6.45) is 0. The maximum absolute atomic E-state index is 13.1. The molecule has 1 saturated heterocycles. The maximum Gasteiger partial charge on any atom is 0.328 e. The van der Waals surface area contributed by atoms with E-state index >= 15 is 0 Å². The van der Waals surface area contributed by atoms with Gasteiger partial charge in [-0.15, -0.1) is 0 Å². The quantitative estimate of drug-likeness (QED) is 0.822. The number of benzene rings is 2. The van der Waals surface area contributed by atoms with E-state index in [2.05, 4.69) is 0 Å². The second-order valence-corrected chi connectivity index (χ2v) is 6.40. The first-order valence-electron chi connectivity index (χ1n) is 8.28. The van der Waals surface area contributed by atoms with Crippen LogP contribution in [0.5, 0.6) is 0 Å². The van der Waals surface area contributed by atoms with Gasteiger partial charge in [0.2, 0.25) is 0 Å². The number of amides is 3. The number of aliphatic carboxylic acids is 1. The van der Waals surface area contributed by atoms with Gasteiger partial charge in [0.15, 0.2) is 0 Å². The highest BCUT2D eigenvalue weighted by Gasteiger charge is 2.55. The first-order valence-corrected chi connectivity index (χ1v) is 8.28. The Balaban J connectivity index is 2.07. The van der Waals surface area contributed by atoms with Gasteiger partial charge in [-0.25, -0.2) is 4.79 Å². The lowest BCUT2D eigenvalue weighted by atomic mass is 9.89. The molecule has 0 spiro atoms. The lowest BCUT2D eigenvalue weighted by Gasteiger charge is -2.32. The van der Waals surface area contributed by atoms with Crippen molar-refractivity contribution in [2.45, 2.75) is 19.0 Å². The summed E-state index contributed by atoms with van der Waals surface area (Å²) in [7, 11) is 0. The monoisotopic (exact) mass is 363 g/mol. The van der Waals surface area contributed by atoms with E-state index in [-0.39, 0.29) is 6.54 Å². The molecule has 0 radical (unpaired) electrons. The lowest BCUT2D eigenvalue weighted by molar-refractivity contribution is -0.143. The van der Waals surface area contributed by atoms with Gasteiger partial charge in [0, 0.05) is 6.54 Å². The van der Waals surface area contributed by atoms with Crippen molar-refractivity contribution in [1.82, 2.24) is 9.80 Å². The van der Waals surface area contributed by atoms with Crippen molar-refractivity contribution in [3.05, 3.63) is 71.3 Å². The highest BCUT2D eigenvalue weighted by molar-refractivity contribution is 6.08. The smallest absolute Gasteiger partial charge is 0.328 e. The molecule has 2 aromatic rings. The molecule has 1 N–H and O–H groups in total. The molecule has 1 fully saturated rings. The van der Waals surface area contributed by atoms with Crippen molar-refractivity contribution < 1.29 is 19.5 Å². The van der Waals surface area contributed by atoms with Crippen LogP contribution in [0.1, 0.15) is 23.6 Å². The van der Waals surface area contributed by atoms with Crippen LogP contribution in [0.3, 0.4) is 0 Å². The summed E-state index contributed by atoms with van der Waals surface area (Å²) in [6, 6.07) is 16.9. The summed E-state index contributed by atoms with van der Waals surface area (Å²) in [5.74, 6) is -1.86. The van der Waals surface area contributed by atoms with Crippen LogP contribution in [-0.2, 0) is 21.7 Å². The molecular weight excluding hydrogens is 346 g/mol. The normalized spacial score (nSPS) is 19.3. The second kappa shape index (κ2) is 6.92. The van der Waals surface area contributed by atoms with Gasteiger partial charge in [-0.3, -0.25) is 14.5 Å². The van der Waals surface area contributed by atoms with Crippen LogP contribution in [0, 0.1) is 11.3 Å². The molecule has 0 aliphatic carbocycles. The minimum absolute atomic E-state index is 0.151. The molecule has 1 aliphatic heterocycles. The molecular formula is C20H17N3O4. The summed E-state index contributed by atoms with van der Waals surface area (Å²) < 4.78 is 0. The Hall–Kier alpha value is -3.66. The van der Waals surface area contributed by atoms with Crippen LogP contribution in [0.2, 0.25) is 0 Å². The Morgan fingerprint density at radius 1 is 1.11 bits per heavy atom. The molecule has 3 amide bonds.